The molecule has 2 amide bonds. The number of nitrogens with one attached hydrogen (secondary N) is 2. The predicted octanol–water partition coefficient (Wildman–Crippen LogP) is -0.438. The molecule has 1 aliphatic rings. The topological polar surface area (TPSA) is 108 Å². The van der Waals surface area contributed by atoms with Crippen molar-refractivity contribution in [3.8, 4) is 0 Å². The van der Waals surface area contributed by atoms with Crippen molar-refractivity contribution in [1.29, 1.82) is 0 Å². The molecule has 0 saturated carbocycles. The van der Waals surface area contributed by atoms with Crippen molar-refractivity contribution in [3.05, 3.63) is 55.5 Å². The number of aryl methyl sites for hydroxylation is 1. The second-order valence-corrected chi connectivity index (χ2v) is 7.33. The maximum absolute atomic E-state index is 12.3. The fourth-order valence-corrected chi connectivity index (χ4v) is 3.66. The Morgan fingerprint density at radius 3 is 2.57 bits per heavy atom. The first-order valence-corrected chi connectivity index (χ1v) is 10.1. The van der Waals surface area contributed by atoms with Crippen LogP contribution in [0, 0.1) is 0 Å². The Hall–Kier alpha value is -2.72. The summed E-state index contributed by atoms with van der Waals surface area (Å²) in [6, 6.07) is 3.10. The number of thiophene rings is 1. The molecule has 3 rings (SSSR count). The molecule has 0 aliphatic carbocycles. The van der Waals surface area contributed by atoms with Gasteiger partial charge in [-0.25, -0.2) is 4.79 Å². The first-order valence-electron chi connectivity index (χ1n) is 9.13. The molecule has 3 heterocycles. The lowest BCUT2D eigenvalue weighted by atomic mass is 10.2. The summed E-state index contributed by atoms with van der Waals surface area (Å²) in [5, 5.41) is 6.61. The molecule has 1 aliphatic heterocycles. The van der Waals surface area contributed by atoms with E-state index in [-0.39, 0.29) is 24.8 Å². The summed E-state index contributed by atoms with van der Waals surface area (Å²) in [4.78, 5) is 53.1. The van der Waals surface area contributed by atoms with Crippen LogP contribution in [0.2, 0.25) is 0 Å². The van der Waals surface area contributed by atoms with E-state index in [0.717, 1.165) is 18.7 Å². The van der Waals surface area contributed by atoms with Crippen LogP contribution < -0.4 is 16.6 Å². The molecule has 0 radical (unpaired) electrons. The van der Waals surface area contributed by atoms with Crippen LogP contribution in [0.1, 0.15) is 16.8 Å². The average molecular weight is 405 g/mol. The van der Waals surface area contributed by atoms with E-state index in [1.54, 1.807) is 0 Å². The number of carbonyl (C=O) groups is 2. The van der Waals surface area contributed by atoms with Crippen molar-refractivity contribution in [3.63, 3.8) is 0 Å². The highest BCUT2D eigenvalue weighted by Crippen LogP contribution is 2.11. The third-order valence-corrected chi connectivity index (χ3v) is 5.34. The van der Waals surface area contributed by atoms with E-state index in [9.17, 15) is 19.2 Å². The van der Waals surface area contributed by atoms with Gasteiger partial charge in [0, 0.05) is 69.9 Å². The lowest BCUT2D eigenvalue weighted by Gasteiger charge is -2.34. The zero-order valence-electron chi connectivity index (χ0n) is 15.4. The van der Waals surface area contributed by atoms with Gasteiger partial charge in [0.05, 0.1) is 5.56 Å². The van der Waals surface area contributed by atoms with Gasteiger partial charge in [-0.2, -0.15) is 11.3 Å². The molecule has 150 valence electrons. The number of aromatic amines is 1. The highest BCUT2D eigenvalue weighted by molar-refractivity contribution is 7.08. The zero-order chi connectivity index (χ0) is 19.9. The van der Waals surface area contributed by atoms with Crippen molar-refractivity contribution in [2.75, 3.05) is 39.3 Å². The van der Waals surface area contributed by atoms with Gasteiger partial charge in [-0.3, -0.25) is 24.3 Å². The number of aromatic nitrogens is 2. The molecule has 1 fully saturated rings. The third kappa shape index (κ3) is 5.40. The van der Waals surface area contributed by atoms with E-state index in [4.69, 9.17) is 0 Å². The number of amides is 2. The van der Waals surface area contributed by atoms with Crippen LogP contribution in [-0.2, 0) is 11.3 Å². The van der Waals surface area contributed by atoms with Gasteiger partial charge < -0.3 is 14.8 Å². The fourth-order valence-electron chi connectivity index (χ4n) is 3.03. The van der Waals surface area contributed by atoms with Crippen molar-refractivity contribution in [2.24, 2.45) is 0 Å². The van der Waals surface area contributed by atoms with E-state index in [0.29, 0.717) is 26.2 Å². The molecule has 0 bridgehead atoms. The van der Waals surface area contributed by atoms with Gasteiger partial charge in [0.2, 0.25) is 5.91 Å². The molecular weight excluding hydrogens is 382 g/mol. The minimum atomic E-state index is -0.518. The van der Waals surface area contributed by atoms with Crippen LogP contribution in [0.25, 0.3) is 0 Å². The molecule has 1 saturated heterocycles. The van der Waals surface area contributed by atoms with E-state index < -0.39 is 11.2 Å². The van der Waals surface area contributed by atoms with Gasteiger partial charge in [-0.15, -0.1) is 0 Å². The summed E-state index contributed by atoms with van der Waals surface area (Å²) < 4.78 is 1.30. The van der Waals surface area contributed by atoms with E-state index in [1.807, 2.05) is 21.7 Å². The van der Waals surface area contributed by atoms with Gasteiger partial charge >= 0.3 is 5.69 Å². The summed E-state index contributed by atoms with van der Waals surface area (Å²) in [6.07, 6.45) is 1.54. The molecule has 2 aromatic heterocycles. The van der Waals surface area contributed by atoms with Crippen LogP contribution in [-0.4, -0.2) is 70.4 Å². The summed E-state index contributed by atoms with van der Waals surface area (Å²) in [5.74, 6) is -0.0731. The van der Waals surface area contributed by atoms with E-state index >= 15 is 0 Å². The molecule has 10 heteroatoms. The molecule has 9 nitrogen and oxygen atoms in total. The minimum absolute atomic E-state index is 0.0757. The fraction of sp³-hybridized carbons (Fsp3) is 0.444. The molecule has 0 atom stereocenters. The van der Waals surface area contributed by atoms with Crippen molar-refractivity contribution < 1.29 is 9.59 Å². The van der Waals surface area contributed by atoms with Gasteiger partial charge in [0.15, 0.2) is 0 Å². The summed E-state index contributed by atoms with van der Waals surface area (Å²) in [7, 11) is 0. The Bertz CT molecular complexity index is 913. The SMILES string of the molecule is O=C(CCn1ccc(=O)[nH]c1=O)NCCN1CCN(C(=O)c2ccsc2)CC1. The Labute approximate surface area is 165 Å². The van der Waals surface area contributed by atoms with Crippen LogP contribution in [0.5, 0.6) is 0 Å². The second kappa shape index (κ2) is 9.47. The minimum Gasteiger partial charge on any atom is -0.355 e. The Balaban J connectivity index is 1.33. The molecule has 0 unspecified atom stereocenters. The van der Waals surface area contributed by atoms with Crippen molar-refractivity contribution >= 4 is 23.2 Å². The Morgan fingerprint density at radius 1 is 1.11 bits per heavy atom. The van der Waals surface area contributed by atoms with Gasteiger partial charge in [-0.1, -0.05) is 0 Å². The lowest BCUT2D eigenvalue weighted by Crippen LogP contribution is -2.50. The molecule has 2 aromatic rings. The Kier molecular flexibility index (Phi) is 6.77. The maximum Gasteiger partial charge on any atom is 0.328 e. The number of rotatable bonds is 7. The molecule has 2 N–H and O–H groups in total. The number of hydrogen-bond donors (Lipinski definition) is 2. The first kappa shape index (κ1) is 20.0. The summed E-state index contributed by atoms with van der Waals surface area (Å²) in [5.41, 5.74) is -0.231. The van der Waals surface area contributed by atoms with Crippen LogP contribution in [0.3, 0.4) is 0 Å². The van der Waals surface area contributed by atoms with Gasteiger partial charge in [0.25, 0.3) is 11.5 Å². The highest BCUT2D eigenvalue weighted by atomic mass is 32.1. The van der Waals surface area contributed by atoms with E-state index in [2.05, 4.69) is 15.2 Å². The molecule has 0 aromatic carbocycles. The van der Waals surface area contributed by atoms with Crippen molar-refractivity contribution in [1.82, 2.24) is 24.7 Å². The zero-order valence-corrected chi connectivity index (χ0v) is 16.2. The monoisotopic (exact) mass is 405 g/mol. The summed E-state index contributed by atoms with van der Waals surface area (Å²) in [6.45, 7) is 4.35. The number of carbonyl (C=O) groups excluding carboxylic acids is 2. The Morgan fingerprint density at radius 2 is 1.89 bits per heavy atom. The van der Waals surface area contributed by atoms with Crippen molar-refractivity contribution in [2.45, 2.75) is 13.0 Å². The first-order chi connectivity index (χ1) is 13.5. The quantitative estimate of drug-likeness (QED) is 0.650. The van der Waals surface area contributed by atoms with Crippen LogP contribution >= 0.6 is 11.3 Å². The smallest absolute Gasteiger partial charge is 0.328 e. The highest BCUT2D eigenvalue weighted by Gasteiger charge is 2.22. The normalized spacial score (nSPS) is 14.8. The summed E-state index contributed by atoms with van der Waals surface area (Å²) >= 11 is 1.52. The lowest BCUT2D eigenvalue weighted by molar-refractivity contribution is -0.121. The second-order valence-electron chi connectivity index (χ2n) is 6.55. The molecular formula is C18H23N5O4S. The predicted molar refractivity (Wildman–Crippen MR) is 106 cm³/mol. The van der Waals surface area contributed by atoms with Gasteiger partial charge in [-0.05, 0) is 11.4 Å². The average Bonchev–Trinajstić information content (AvgIpc) is 3.22. The number of nitrogens with zero attached hydrogens (tertiary/aromatic N) is 3. The van der Waals surface area contributed by atoms with E-state index in [1.165, 1.54) is 28.2 Å². The van der Waals surface area contributed by atoms with Crippen LogP contribution in [0.4, 0.5) is 0 Å². The number of H-pyrrole nitrogens is 1. The molecule has 0 spiro atoms. The largest absolute Gasteiger partial charge is 0.355 e. The number of piperazine rings is 1. The standard InChI is InChI=1S/C18H23N5O4S/c24-15(1-5-23-6-2-16(25)20-18(23)27)19-4-7-21-8-10-22(11-9-21)17(26)14-3-12-28-13-14/h2-3,6,12-13H,1,4-5,7-11H2,(H,19,24)(H,20,25,27). The van der Waals surface area contributed by atoms with Gasteiger partial charge in [0.1, 0.15) is 0 Å². The van der Waals surface area contributed by atoms with Crippen LogP contribution in [0.15, 0.2) is 38.7 Å². The maximum atomic E-state index is 12.3. The third-order valence-electron chi connectivity index (χ3n) is 4.65. The molecule has 28 heavy (non-hydrogen) atoms. The number of hydrogen-bond acceptors (Lipinski definition) is 6.